The van der Waals surface area contributed by atoms with Gasteiger partial charge in [-0.3, -0.25) is 9.59 Å². The molecule has 0 bridgehead atoms. The van der Waals surface area contributed by atoms with E-state index in [1.54, 1.807) is 31.4 Å². The largest absolute Gasteiger partial charge is 0.497 e. The number of methoxy groups -OCH3 is 1. The molecule has 1 aromatic rings. The van der Waals surface area contributed by atoms with E-state index in [2.05, 4.69) is 10.6 Å². The summed E-state index contributed by atoms with van der Waals surface area (Å²) in [6.45, 7) is 0.342. The molecular formula is C16H22N2O3. The van der Waals surface area contributed by atoms with Gasteiger partial charge in [-0.05, 0) is 31.0 Å². The van der Waals surface area contributed by atoms with Crippen molar-refractivity contribution in [2.24, 2.45) is 0 Å². The second-order valence-corrected chi connectivity index (χ2v) is 5.29. The molecule has 1 saturated carbocycles. The molecular weight excluding hydrogens is 268 g/mol. The van der Waals surface area contributed by atoms with Crippen LogP contribution in [0.2, 0.25) is 0 Å². The van der Waals surface area contributed by atoms with E-state index in [-0.39, 0.29) is 11.8 Å². The minimum atomic E-state index is -0.192. The lowest BCUT2D eigenvalue weighted by Crippen LogP contribution is -2.35. The second-order valence-electron chi connectivity index (χ2n) is 5.29. The maximum atomic E-state index is 11.9. The molecule has 1 fully saturated rings. The molecule has 2 amide bonds. The van der Waals surface area contributed by atoms with Gasteiger partial charge in [-0.15, -0.1) is 0 Å². The Kier molecular flexibility index (Phi) is 5.60. The van der Waals surface area contributed by atoms with Gasteiger partial charge in [-0.1, -0.05) is 18.9 Å². The van der Waals surface area contributed by atoms with E-state index in [4.69, 9.17) is 4.74 Å². The van der Waals surface area contributed by atoms with E-state index in [0.717, 1.165) is 12.8 Å². The third kappa shape index (κ3) is 4.77. The number of hydrogen-bond acceptors (Lipinski definition) is 3. The van der Waals surface area contributed by atoms with Gasteiger partial charge in [-0.2, -0.15) is 0 Å². The smallest absolute Gasteiger partial charge is 0.251 e. The van der Waals surface area contributed by atoms with Gasteiger partial charge < -0.3 is 15.4 Å². The summed E-state index contributed by atoms with van der Waals surface area (Å²) < 4.78 is 5.08. The summed E-state index contributed by atoms with van der Waals surface area (Å²) in [5.41, 5.74) is 0.533. The highest BCUT2D eigenvalue weighted by atomic mass is 16.5. The van der Waals surface area contributed by atoms with Crippen molar-refractivity contribution in [2.75, 3.05) is 13.7 Å². The Hall–Kier alpha value is -2.04. The molecule has 0 unspecified atom stereocenters. The minimum Gasteiger partial charge on any atom is -0.497 e. The number of amides is 2. The number of nitrogens with one attached hydrogen (secondary N) is 2. The van der Waals surface area contributed by atoms with Crippen LogP contribution in [0.15, 0.2) is 24.3 Å². The molecule has 1 aromatic carbocycles. The van der Waals surface area contributed by atoms with Gasteiger partial charge in [0.25, 0.3) is 5.91 Å². The van der Waals surface area contributed by atoms with Crippen LogP contribution in [-0.2, 0) is 4.79 Å². The first-order valence-electron chi connectivity index (χ1n) is 7.40. The molecule has 0 atom stereocenters. The Balaban J connectivity index is 1.72. The topological polar surface area (TPSA) is 67.4 Å². The van der Waals surface area contributed by atoms with E-state index in [1.807, 2.05) is 0 Å². The molecule has 0 spiro atoms. The lowest BCUT2D eigenvalue weighted by atomic mass is 10.2. The standard InChI is InChI=1S/C16H22N2O3/c1-21-14-8-4-5-12(11-14)16(20)17-10-9-15(19)18-13-6-2-3-7-13/h4-5,8,11,13H,2-3,6-7,9-10H2,1H3,(H,17,20)(H,18,19). The van der Waals surface area contributed by atoms with Gasteiger partial charge in [0.2, 0.25) is 5.91 Å². The van der Waals surface area contributed by atoms with E-state index in [0.29, 0.717) is 30.3 Å². The Labute approximate surface area is 125 Å². The SMILES string of the molecule is COc1cccc(C(=O)NCCC(=O)NC2CCCC2)c1. The third-order valence-corrected chi connectivity index (χ3v) is 3.69. The van der Waals surface area contributed by atoms with Crippen molar-refractivity contribution in [2.45, 2.75) is 38.1 Å². The Bertz CT molecular complexity index is 496. The van der Waals surface area contributed by atoms with Crippen LogP contribution >= 0.6 is 0 Å². The van der Waals surface area contributed by atoms with E-state index in [9.17, 15) is 9.59 Å². The predicted octanol–water partition coefficient (Wildman–Crippen LogP) is 1.87. The first-order valence-corrected chi connectivity index (χ1v) is 7.40. The molecule has 5 heteroatoms. The summed E-state index contributed by atoms with van der Waals surface area (Å²) in [6, 6.07) is 7.27. The summed E-state index contributed by atoms with van der Waals surface area (Å²) in [5, 5.41) is 5.75. The molecule has 0 saturated heterocycles. The van der Waals surface area contributed by atoms with Crippen LogP contribution in [0, 0.1) is 0 Å². The van der Waals surface area contributed by atoms with E-state index < -0.39 is 0 Å². The predicted molar refractivity (Wildman–Crippen MR) is 80.3 cm³/mol. The molecule has 0 aromatic heterocycles. The summed E-state index contributed by atoms with van der Waals surface area (Å²) in [5.74, 6) is 0.456. The molecule has 0 aliphatic heterocycles. The quantitative estimate of drug-likeness (QED) is 0.840. The second kappa shape index (κ2) is 7.67. The van der Waals surface area contributed by atoms with Gasteiger partial charge in [-0.25, -0.2) is 0 Å². The zero-order chi connectivity index (χ0) is 15.1. The molecule has 21 heavy (non-hydrogen) atoms. The van der Waals surface area contributed by atoms with Crippen LogP contribution in [-0.4, -0.2) is 31.5 Å². The third-order valence-electron chi connectivity index (χ3n) is 3.69. The summed E-state index contributed by atoms with van der Waals surface area (Å²) in [4.78, 5) is 23.7. The number of ether oxygens (including phenoxy) is 1. The van der Waals surface area contributed by atoms with Crippen molar-refractivity contribution in [3.63, 3.8) is 0 Å². The van der Waals surface area contributed by atoms with Crippen LogP contribution in [0.3, 0.4) is 0 Å². The molecule has 2 N–H and O–H groups in total. The average Bonchev–Trinajstić information content (AvgIpc) is 3.00. The van der Waals surface area contributed by atoms with Gasteiger partial charge >= 0.3 is 0 Å². The summed E-state index contributed by atoms with van der Waals surface area (Å²) in [7, 11) is 1.56. The molecule has 2 rings (SSSR count). The van der Waals surface area contributed by atoms with Crippen molar-refractivity contribution < 1.29 is 14.3 Å². The summed E-state index contributed by atoms with van der Waals surface area (Å²) >= 11 is 0. The molecule has 5 nitrogen and oxygen atoms in total. The van der Waals surface area contributed by atoms with Crippen molar-refractivity contribution in [1.29, 1.82) is 0 Å². The lowest BCUT2D eigenvalue weighted by Gasteiger charge is -2.12. The maximum Gasteiger partial charge on any atom is 0.251 e. The average molecular weight is 290 g/mol. The number of benzene rings is 1. The minimum absolute atomic E-state index is 0.00726. The highest BCUT2D eigenvalue weighted by Crippen LogP contribution is 2.17. The van der Waals surface area contributed by atoms with Crippen LogP contribution in [0.25, 0.3) is 0 Å². The van der Waals surface area contributed by atoms with Crippen LogP contribution in [0.4, 0.5) is 0 Å². The first-order chi connectivity index (χ1) is 10.2. The lowest BCUT2D eigenvalue weighted by molar-refractivity contribution is -0.121. The first kappa shape index (κ1) is 15.4. The zero-order valence-electron chi connectivity index (χ0n) is 12.4. The number of rotatable bonds is 6. The molecule has 1 aliphatic carbocycles. The Morgan fingerprint density at radius 3 is 2.76 bits per heavy atom. The number of carbonyl (C=O) groups is 2. The van der Waals surface area contributed by atoms with Crippen LogP contribution in [0.1, 0.15) is 42.5 Å². The molecule has 0 heterocycles. The van der Waals surface area contributed by atoms with Gasteiger partial charge in [0.05, 0.1) is 7.11 Å². The number of hydrogen-bond donors (Lipinski definition) is 2. The fraction of sp³-hybridized carbons (Fsp3) is 0.500. The molecule has 1 aliphatic rings. The van der Waals surface area contributed by atoms with E-state index in [1.165, 1.54) is 12.8 Å². The van der Waals surface area contributed by atoms with Gasteiger partial charge in [0.15, 0.2) is 0 Å². The fourth-order valence-electron chi connectivity index (χ4n) is 2.53. The Morgan fingerprint density at radius 1 is 1.29 bits per heavy atom. The van der Waals surface area contributed by atoms with Gasteiger partial charge in [0.1, 0.15) is 5.75 Å². The molecule has 114 valence electrons. The molecule has 0 radical (unpaired) electrons. The monoisotopic (exact) mass is 290 g/mol. The van der Waals surface area contributed by atoms with Crippen LogP contribution in [0.5, 0.6) is 5.75 Å². The summed E-state index contributed by atoms with van der Waals surface area (Å²) in [6.07, 6.45) is 4.84. The maximum absolute atomic E-state index is 11.9. The van der Waals surface area contributed by atoms with Crippen molar-refractivity contribution in [3.05, 3.63) is 29.8 Å². The highest BCUT2D eigenvalue weighted by molar-refractivity contribution is 5.94. The Morgan fingerprint density at radius 2 is 2.05 bits per heavy atom. The van der Waals surface area contributed by atoms with E-state index >= 15 is 0 Å². The highest BCUT2D eigenvalue weighted by Gasteiger charge is 2.16. The van der Waals surface area contributed by atoms with Gasteiger partial charge in [0, 0.05) is 24.6 Å². The fourth-order valence-corrected chi connectivity index (χ4v) is 2.53. The van der Waals surface area contributed by atoms with Crippen LogP contribution < -0.4 is 15.4 Å². The number of carbonyl (C=O) groups excluding carboxylic acids is 2. The van der Waals surface area contributed by atoms with Crippen molar-refractivity contribution in [3.8, 4) is 5.75 Å². The van der Waals surface area contributed by atoms with Crippen molar-refractivity contribution in [1.82, 2.24) is 10.6 Å². The zero-order valence-corrected chi connectivity index (χ0v) is 12.4. The van der Waals surface area contributed by atoms with Crippen molar-refractivity contribution >= 4 is 11.8 Å². The normalized spacial score (nSPS) is 14.7.